The highest BCUT2D eigenvalue weighted by molar-refractivity contribution is 7.84. The zero-order chi connectivity index (χ0) is 30.7. The topological polar surface area (TPSA) is 144 Å². The number of aliphatic hydroxyl groups excluding tert-OH is 1. The van der Waals surface area contributed by atoms with E-state index in [-0.39, 0.29) is 44.2 Å². The van der Waals surface area contributed by atoms with Crippen LogP contribution in [0.2, 0.25) is 0 Å². The van der Waals surface area contributed by atoms with Crippen molar-refractivity contribution < 1.29 is 36.7 Å². The molecule has 0 aliphatic carbocycles. The SMILES string of the molecule is CCOC(=O)CC(c1cc(F)cc(CN2Cc3cc(O)ccc3OS2(=O)=O)c1)c1ccc2c(nnn2CCCCO)c1C. The molecule has 4 aromatic rings. The fraction of sp³-hybridized carbons (Fsp3) is 0.367. The van der Waals surface area contributed by atoms with E-state index in [0.717, 1.165) is 27.4 Å². The fourth-order valence-electron chi connectivity index (χ4n) is 5.41. The Morgan fingerprint density at radius 2 is 1.98 bits per heavy atom. The molecule has 13 heteroatoms. The van der Waals surface area contributed by atoms with Gasteiger partial charge in [-0.1, -0.05) is 17.3 Å². The molecule has 228 valence electrons. The highest BCUT2D eigenvalue weighted by Crippen LogP contribution is 2.36. The summed E-state index contributed by atoms with van der Waals surface area (Å²) in [5.74, 6) is -1.59. The number of aliphatic hydroxyl groups is 1. The van der Waals surface area contributed by atoms with Crippen molar-refractivity contribution in [1.29, 1.82) is 0 Å². The van der Waals surface area contributed by atoms with Gasteiger partial charge >= 0.3 is 16.3 Å². The number of phenolic OH excluding ortho intramolecular Hbond substituents is 1. The van der Waals surface area contributed by atoms with Crippen LogP contribution in [0.1, 0.15) is 59.9 Å². The number of unbranched alkanes of at least 4 members (excludes halogenated alkanes) is 1. The zero-order valence-electron chi connectivity index (χ0n) is 23.9. The molecule has 0 radical (unpaired) electrons. The Balaban J connectivity index is 1.50. The van der Waals surface area contributed by atoms with Crippen LogP contribution in [0.5, 0.6) is 11.5 Å². The molecule has 0 bridgehead atoms. The Bertz CT molecular complexity index is 1760. The maximum absolute atomic E-state index is 15.1. The number of carbonyl (C=O) groups is 1. The predicted molar refractivity (Wildman–Crippen MR) is 155 cm³/mol. The summed E-state index contributed by atoms with van der Waals surface area (Å²) in [6.45, 7) is 4.16. The molecule has 43 heavy (non-hydrogen) atoms. The molecular formula is C30H33FN4O7S. The second-order valence-electron chi connectivity index (χ2n) is 10.4. The van der Waals surface area contributed by atoms with E-state index in [1.165, 1.54) is 30.3 Å². The molecule has 0 fully saturated rings. The molecule has 5 rings (SSSR count). The number of aromatic hydroxyl groups is 1. The quantitative estimate of drug-likeness (QED) is 0.189. The van der Waals surface area contributed by atoms with E-state index < -0.39 is 28.0 Å². The molecule has 0 saturated carbocycles. The van der Waals surface area contributed by atoms with Crippen LogP contribution in [0.15, 0.2) is 48.5 Å². The van der Waals surface area contributed by atoms with E-state index in [2.05, 4.69) is 10.3 Å². The molecule has 1 atom stereocenters. The first kappa shape index (κ1) is 30.4. The first-order chi connectivity index (χ1) is 20.6. The Kier molecular flexibility index (Phi) is 8.95. The van der Waals surface area contributed by atoms with Crippen LogP contribution < -0.4 is 4.18 Å². The van der Waals surface area contributed by atoms with Gasteiger partial charge in [0.15, 0.2) is 0 Å². The van der Waals surface area contributed by atoms with Gasteiger partial charge in [-0.15, -0.1) is 5.10 Å². The van der Waals surface area contributed by atoms with E-state index in [4.69, 9.17) is 14.0 Å². The van der Waals surface area contributed by atoms with Crippen LogP contribution in [0.25, 0.3) is 11.0 Å². The van der Waals surface area contributed by atoms with Crippen molar-refractivity contribution in [1.82, 2.24) is 19.3 Å². The first-order valence-corrected chi connectivity index (χ1v) is 15.4. The third-order valence-corrected chi connectivity index (χ3v) is 8.74. The van der Waals surface area contributed by atoms with Crippen molar-refractivity contribution in [2.75, 3.05) is 13.2 Å². The third-order valence-electron chi connectivity index (χ3n) is 7.46. The molecule has 0 saturated heterocycles. The fourth-order valence-corrected chi connectivity index (χ4v) is 6.50. The smallest absolute Gasteiger partial charge is 0.385 e. The van der Waals surface area contributed by atoms with Crippen molar-refractivity contribution in [2.45, 2.75) is 58.7 Å². The molecule has 1 aliphatic rings. The molecule has 1 aliphatic heterocycles. The van der Waals surface area contributed by atoms with E-state index in [0.29, 0.717) is 35.2 Å². The zero-order valence-corrected chi connectivity index (χ0v) is 24.7. The maximum Gasteiger partial charge on any atom is 0.385 e. The highest BCUT2D eigenvalue weighted by Gasteiger charge is 2.32. The van der Waals surface area contributed by atoms with E-state index in [1.54, 1.807) is 17.7 Å². The minimum absolute atomic E-state index is 0.0334. The summed E-state index contributed by atoms with van der Waals surface area (Å²) in [5, 5.41) is 27.6. The number of hydrogen-bond donors (Lipinski definition) is 2. The Morgan fingerprint density at radius 1 is 1.16 bits per heavy atom. The van der Waals surface area contributed by atoms with Gasteiger partial charge in [0, 0.05) is 37.7 Å². The molecule has 0 amide bonds. The number of nitrogens with zero attached hydrogens (tertiary/aromatic N) is 4. The van der Waals surface area contributed by atoms with Gasteiger partial charge in [0.2, 0.25) is 0 Å². The monoisotopic (exact) mass is 612 g/mol. The third kappa shape index (κ3) is 6.63. The standard InChI is InChI=1S/C30H33FN4O7S/c1-3-41-29(38)16-26(25-7-8-27-30(19(25)2)32-33-35(27)10-4-5-11-36)21-12-20(13-23(31)14-21)17-34-18-22-15-24(37)6-9-28(22)42-43(34,39)40/h6-9,12-15,26,36-37H,3-5,10-11,16-18H2,1-2H3. The van der Waals surface area contributed by atoms with Gasteiger partial charge in [0.1, 0.15) is 22.8 Å². The number of aromatic nitrogens is 3. The number of fused-ring (bicyclic) bond motifs is 2. The molecule has 3 aromatic carbocycles. The number of aryl methyl sites for hydroxylation is 2. The molecule has 2 heterocycles. The lowest BCUT2D eigenvalue weighted by Gasteiger charge is -2.28. The number of benzene rings is 3. The number of halogens is 1. The van der Waals surface area contributed by atoms with Gasteiger partial charge in [-0.3, -0.25) is 4.79 Å². The summed E-state index contributed by atoms with van der Waals surface area (Å²) in [7, 11) is -4.19. The summed E-state index contributed by atoms with van der Waals surface area (Å²) in [6, 6.07) is 12.1. The van der Waals surface area contributed by atoms with E-state index in [1.807, 2.05) is 19.1 Å². The van der Waals surface area contributed by atoms with Gasteiger partial charge in [0.25, 0.3) is 0 Å². The minimum Gasteiger partial charge on any atom is -0.508 e. The summed E-state index contributed by atoms with van der Waals surface area (Å²) in [4.78, 5) is 12.7. The van der Waals surface area contributed by atoms with Crippen LogP contribution in [-0.4, -0.2) is 57.1 Å². The van der Waals surface area contributed by atoms with Crippen molar-refractivity contribution >= 4 is 27.3 Å². The van der Waals surface area contributed by atoms with Crippen LogP contribution in [0, 0.1) is 12.7 Å². The average Bonchev–Trinajstić information content (AvgIpc) is 3.36. The maximum atomic E-state index is 15.1. The number of hydrogen-bond acceptors (Lipinski definition) is 9. The molecular weight excluding hydrogens is 579 g/mol. The van der Waals surface area contributed by atoms with Crippen molar-refractivity contribution in [2.24, 2.45) is 0 Å². The number of ether oxygens (including phenoxy) is 1. The molecule has 1 aromatic heterocycles. The Hall–Kier alpha value is -4.07. The normalized spacial score (nSPS) is 15.2. The van der Waals surface area contributed by atoms with Crippen molar-refractivity contribution in [3.8, 4) is 11.5 Å². The number of esters is 1. The second-order valence-corrected chi connectivity index (χ2v) is 12.0. The molecule has 0 spiro atoms. The van der Waals surface area contributed by atoms with Crippen molar-refractivity contribution in [3.63, 3.8) is 0 Å². The molecule has 2 N–H and O–H groups in total. The summed E-state index contributed by atoms with van der Waals surface area (Å²) in [6.07, 6.45) is 1.30. The van der Waals surface area contributed by atoms with Crippen LogP contribution in [0.4, 0.5) is 4.39 Å². The lowest BCUT2D eigenvalue weighted by Crippen LogP contribution is -2.37. The van der Waals surface area contributed by atoms with Crippen molar-refractivity contribution in [3.05, 3.63) is 82.2 Å². The average molecular weight is 613 g/mol. The lowest BCUT2D eigenvalue weighted by atomic mass is 9.85. The molecule has 11 nitrogen and oxygen atoms in total. The highest BCUT2D eigenvalue weighted by atomic mass is 32.2. The number of phenols is 1. The minimum atomic E-state index is -4.19. The Morgan fingerprint density at radius 3 is 2.74 bits per heavy atom. The van der Waals surface area contributed by atoms with Gasteiger partial charge < -0.3 is 19.1 Å². The summed E-state index contributed by atoms with van der Waals surface area (Å²) >= 11 is 0. The lowest BCUT2D eigenvalue weighted by molar-refractivity contribution is -0.143. The van der Waals surface area contributed by atoms with Crippen LogP contribution >= 0.6 is 0 Å². The van der Waals surface area contributed by atoms with E-state index >= 15 is 4.39 Å². The van der Waals surface area contributed by atoms with Gasteiger partial charge in [-0.25, -0.2) is 9.07 Å². The second kappa shape index (κ2) is 12.7. The number of carbonyl (C=O) groups excluding carboxylic acids is 1. The van der Waals surface area contributed by atoms with Gasteiger partial charge in [-0.2, -0.15) is 12.7 Å². The van der Waals surface area contributed by atoms with Gasteiger partial charge in [-0.05, 0) is 85.3 Å². The predicted octanol–water partition coefficient (Wildman–Crippen LogP) is 4.08. The summed E-state index contributed by atoms with van der Waals surface area (Å²) in [5.41, 5.74) is 4.25. The van der Waals surface area contributed by atoms with E-state index in [9.17, 15) is 18.3 Å². The Labute approximate surface area is 248 Å². The van der Waals surface area contributed by atoms with Crippen LogP contribution in [-0.2, 0) is 39.5 Å². The van der Waals surface area contributed by atoms with Crippen LogP contribution in [0.3, 0.4) is 0 Å². The summed E-state index contributed by atoms with van der Waals surface area (Å²) < 4.78 is 54.2. The number of rotatable bonds is 11. The first-order valence-electron chi connectivity index (χ1n) is 14.0. The van der Waals surface area contributed by atoms with Gasteiger partial charge in [0.05, 0.1) is 18.5 Å². The largest absolute Gasteiger partial charge is 0.508 e. The molecule has 1 unspecified atom stereocenters.